The Morgan fingerprint density at radius 1 is 1.06 bits per heavy atom. The van der Waals surface area contributed by atoms with Crippen molar-refractivity contribution in [1.29, 1.82) is 0 Å². The van der Waals surface area contributed by atoms with E-state index in [0.717, 1.165) is 29.7 Å². The number of H-pyrrole nitrogens is 1. The van der Waals surface area contributed by atoms with Gasteiger partial charge in [0.15, 0.2) is 6.04 Å². The normalized spacial score (nSPS) is 15.2. The number of carbonyl (C=O) groups is 1. The van der Waals surface area contributed by atoms with Crippen LogP contribution in [0.5, 0.6) is 0 Å². The van der Waals surface area contributed by atoms with Gasteiger partial charge in [0, 0.05) is 48.2 Å². The van der Waals surface area contributed by atoms with E-state index in [1.165, 1.54) is 36.7 Å². The number of carbonyl (C=O) groups excluding carboxylic acids is 1. The van der Waals surface area contributed by atoms with Gasteiger partial charge >= 0.3 is 6.18 Å². The minimum Gasteiger partial charge on any atom is -0.378 e. The molecule has 35 heavy (non-hydrogen) atoms. The van der Waals surface area contributed by atoms with E-state index >= 15 is 0 Å². The lowest BCUT2D eigenvalue weighted by atomic mass is 10.1. The first kappa shape index (κ1) is 22.8. The van der Waals surface area contributed by atoms with Crippen molar-refractivity contribution in [2.45, 2.75) is 12.2 Å². The van der Waals surface area contributed by atoms with Crippen LogP contribution in [0.15, 0.2) is 61.2 Å². The third-order valence-electron chi connectivity index (χ3n) is 5.79. The summed E-state index contributed by atoms with van der Waals surface area (Å²) < 4.78 is 46.1. The number of anilines is 1. The lowest BCUT2D eigenvalue weighted by Crippen LogP contribution is -2.38. The Balaban J connectivity index is 1.38. The molecule has 1 amide bonds. The van der Waals surface area contributed by atoms with Crippen molar-refractivity contribution in [3.05, 3.63) is 72.6 Å². The van der Waals surface area contributed by atoms with Gasteiger partial charge < -0.3 is 19.9 Å². The largest absolute Gasteiger partial charge is 0.412 e. The standard InChI is InChI=1S/C24H21F3N6O2/c25-24(26,27)20(15-4-2-1-3-5-15)32-23(34)22-28-11-16(12-29-22)19-14-31-21-18(19)10-17(13-30-21)33-6-8-35-9-7-33/h1-5,10-14,20H,6-9H2,(H,30,31)(H,32,34)/t20-/m1/s1. The number of rotatable bonds is 5. The summed E-state index contributed by atoms with van der Waals surface area (Å²) in [6.45, 7) is 2.83. The molecule has 0 bridgehead atoms. The van der Waals surface area contributed by atoms with Crippen LogP contribution >= 0.6 is 0 Å². The van der Waals surface area contributed by atoms with E-state index < -0.39 is 18.1 Å². The van der Waals surface area contributed by atoms with E-state index in [9.17, 15) is 18.0 Å². The number of pyridine rings is 1. The van der Waals surface area contributed by atoms with Gasteiger partial charge in [0.25, 0.3) is 5.91 Å². The number of aromatic amines is 1. The second-order valence-corrected chi connectivity index (χ2v) is 8.05. The molecule has 1 fully saturated rings. The molecule has 1 saturated heterocycles. The quantitative estimate of drug-likeness (QED) is 0.448. The molecule has 1 aromatic carbocycles. The summed E-state index contributed by atoms with van der Waals surface area (Å²) in [5.41, 5.74) is 2.93. The molecule has 0 saturated carbocycles. The van der Waals surface area contributed by atoms with Crippen molar-refractivity contribution in [2.24, 2.45) is 0 Å². The minimum absolute atomic E-state index is 0.0765. The number of alkyl halides is 3. The Morgan fingerprint density at radius 2 is 1.77 bits per heavy atom. The van der Waals surface area contributed by atoms with E-state index in [1.807, 2.05) is 11.4 Å². The third-order valence-corrected chi connectivity index (χ3v) is 5.79. The van der Waals surface area contributed by atoms with Crippen LogP contribution in [0, 0.1) is 0 Å². The number of nitrogens with one attached hydrogen (secondary N) is 2. The molecule has 8 nitrogen and oxygen atoms in total. The smallest absolute Gasteiger partial charge is 0.378 e. The molecule has 0 radical (unpaired) electrons. The molecule has 0 spiro atoms. The monoisotopic (exact) mass is 482 g/mol. The summed E-state index contributed by atoms with van der Waals surface area (Å²) in [5, 5.41) is 2.84. The number of ether oxygens (including phenoxy) is 1. The van der Waals surface area contributed by atoms with Crippen LogP contribution in [0.1, 0.15) is 22.2 Å². The SMILES string of the molecule is O=C(N[C@H](c1ccccc1)C(F)(F)F)c1ncc(-c2c[nH]c3ncc(N4CCOCC4)cc23)cn1. The number of benzene rings is 1. The van der Waals surface area contributed by atoms with Crippen molar-refractivity contribution >= 4 is 22.6 Å². The van der Waals surface area contributed by atoms with Gasteiger partial charge in [-0.05, 0) is 11.6 Å². The average Bonchev–Trinajstić information content (AvgIpc) is 3.31. The average molecular weight is 482 g/mol. The number of hydrogen-bond donors (Lipinski definition) is 2. The van der Waals surface area contributed by atoms with Gasteiger partial charge in [0.05, 0.1) is 25.1 Å². The predicted molar refractivity (Wildman–Crippen MR) is 123 cm³/mol. The summed E-state index contributed by atoms with van der Waals surface area (Å²) in [4.78, 5) is 30.4. The minimum atomic E-state index is -4.67. The topological polar surface area (TPSA) is 96.0 Å². The maximum Gasteiger partial charge on any atom is 0.412 e. The summed E-state index contributed by atoms with van der Waals surface area (Å²) in [6.07, 6.45) is 1.70. The fourth-order valence-corrected chi connectivity index (χ4v) is 4.01. The highest BCUT2D eigenvalue weighted by Gasteiger charge is 2.42. The van der Waals surface area contributed by atoms with Crippen LogP contribution in [-0.4, -0.2) is 58.3 Å². The molecule has 11 heteroatoms. The van der Waals surface area contributed by atoms with Gasteiger partial charge in [0.1, 0.15) is 5.65 Å². The summed E-state index contributed by atoms with van der Waals surface area (Å²) >= 11 is 0. The third kappa shape index (κ3) is 4.80. The fraction of sp³-hybridized carbons (Fsp3) is 0.250. The first-order valence-electron chi connectivity index (χ1n) is 10.9. The van der Waals surface area contributed by atoms with Crippen LogP contribution in [0.2, 0.25) is 0 Å². The molecule has 4 heterocycles. The van der Waals surface area contributed by atoms with E-state index in [-0.39, 0.29) is 11.4 Å². The van der Waals surface area contributed by atoms with Gasteiger partial charge in [-0.3, -0.25) is 4.79 Å². The van der Waals surface area contributed by atoms with Crippen LogP contribution in [0.4, 0.5) is 18.9 Å². The highest BCUT2D eigenvalue weighted by molar-refractivity contribution is 5.95. The summed E-state index contributed by atoms with van der Waals surface area (Å²) in [6, 6.07) is 7.01. The summed E-state index contributed by atoms with van der Waals surface area (Å²) in [7, 11) is 0. The van der Waals surface area contributed by atoms with E-state index in [2.05, 4.69) is 24.8 Å². The maximum absolute atomic E-state index is 13.6. The predicted octanol–water partition coefficient (Wildman–Crippen LogP) is 3.89. The van der Waals surface area contributed by atoms with Crippen molar-refractivity contribution in [3.63, 3.8) is 0 Å². The Morgan fingerprint density at radius 3 is 2.46 bits per heavy atom. The highest BCUT2D eigenvalue weighted by atomic mass is 19.4. The van der Waals surface area contributed by atoms with E-state index in [0.29, 0.717) is 24.4 Å². The molecule has 2 N–H and O–H groups in total. The molecular weight excluding hydrogens is 461 g/mol. The molecule has 1 aliphatic heterocycles. The van der Waals surface area contributed by atoms with Crippen molar-refractivity contribution < 1.29 is 22.7 Å². The highest BCUT2D eigenvalue weighted by Crippen LogP contribution is 2.33. The second kappa shape index (κ2) is 9.34. The van der Waals surface area contributed by atoms with Gasteiger partial charge in [-0.1, -0.05) is 30.3 Å². The Bertz CT molecular complexity index is 1320. The molecule has 5 rings (SSSR count). The molecular formula is C24H21F3N6O2. The Labute approximate surface area is 198 Å². The van der Waals surface area contributed by atoms with Gasteiger partial charge in [0.2, 0.25) is 5.82 Å². The van der Waals surface area contributed by atoms with Crippen LogP contribution < -0.4 is 10.2 Å². The van der Waals surface area contributed by atoms with E-state index in [4.69, 9.17) is 4.74 Å². The fourth-order valence-electron chi connectivity index (χ4n) is 4.01. The molecule has 1 atom stereocenters. The number of amides is 1. The summed E-state index contributed by atoms with van der Waals surface area (Å²) in [5.74, 6) is -1.37. The van der Waals surface area contributed by atoms with Crippen LogP contribution in [0.3, 0.4) is 0 Å². The number of halogens is 3. The number of aromatic nitrogens is 4. The number of hydrogen-bond acceptors (Lipinski definition) is 6. The molecule has 180 valence electrons. The van der Waals surface area contributed by atoms with Gasteiger partial charge in [-0.25, -0.2) is 15.0 Å². The zero-order chi connectivity index (χ0) is 24.4. The molecule has 1 aliphatic rings. The van der Waals surface area contributed by atoms with Gasteiger partial charge in [-0.2, -0.15) is 13.2 Å². The Kier molecular flexibility index (Phi) is 6.08. The lowest BCUT2D eigenvalue weighted by Gasteiger charge is -2.28. The number of nitrogens with zero attached hydrogens (tertiary/aromatic N) is 4. The first-order valence-corrected chi connectivity index (χ1v) is 10.9. The maximum atomic E-state index is 13.6. The van der Waals surface area contributed by atoms with Crippen molar-refractivity contribution in [2.75, 3.05) is 31.2 Å². The van der Waals surface area contributed by atoms with Crippen molar-refractivity contribution in [3.8, 4) is 11.1 Å². The zero-order valence-electron chi connectivity index (χ0n) is 18.4. The number of morpholine rings is 1. The second-order valence-electron chi connectivity index (χ2n) is 8.05. The Hall–Kier alpha value is -3.99. The van der Waals surface area contributed by atoms with Crippen LogP contribution in [0.25, 0.3) is 22.2 Å². The van der Waals surface area contributed by atoms with Crippen LogP contribution in [-0.2, 0) is 4.74 Å². The molecule has 3 aromatic heterocycles. The number of fused-ring (bicyclic) bond motifs is 1. The molecule has 0 aliphatic carbocycles. The van der Waals surface area contributed by atoms with Gasteiger partial charge in [-0.15, -0.1) is 0 Å². The molecule has 0 unspecified atom stereocenters. The molecule has 4 aromatic rings. The van der Waals surface area contributed by atoms with E-state index in [1.54, 1.807) is 18.5 Å². The van der Waals surface area contributed by atoms with Crippen molar-refractivity contribution in [1.82, 2.24) is 25.3 Å². The lowest BCUT2D eigenvalue weighted by molar-refractivity contribution is -0.155. The first-order chi connectivity index (χ1) is 16.9. The zero-order valence-corrected chi connectivity index (χ0v) is 18.4.